The van der Waals surface area contributed by atoms with Crippen molar-refractivity contribution in [2.75, 3.05) is 11.9 Å². The number of ether oxygens (including phenoxy) is 1. The molecule has 1 aliphatic rings. The Morgan fingerprint density at radius 3 is 2.61 bits per heavy atom. The Kier molecular flexibility index (Phi) is 7.13. The number of carbonyl (C=O) groups is 1. The first-order chi connectivity index (χ1) is 13.4. The van der Waals surface area contributed by atoms with E-state index in [2.05, 4.69) is 21.2 Å². The number of nitrogens with one attached hydrogen (secondary N) is 1. The highest BCUT2D eigenvalue weighted by Crippen LogP contribution is 2.30. The van der Waals surface area contributed by atoms with Gasteiger partial charge in [0.25, 0.3) is 0 Å². The Balaban J connectivity index is 1.50. The predicted octanol–water partition coefficient (Wildman–Crippen LogP) is 4.96. The van der Waals surface area contributed by atoms with Crippen LogP contribution >= 0.6 is 15.9 Å². The van der Waals surface area contributed by atoms with E-state index < -0.39 is 9.84 Å². The van der Waals surface area contributed by atoms with Gasteiger partial charge in [-0.05, 0) is 55.7 Å². The lowest BCUT2D eigenvalue weighted by Gasteiger charge is -2.13. The first-order valence-corrected chi connectivity index (χ1v) is 11.8. The van der Waals surface area contributed by atoms with Crippen molar-refractivity contribution in [2.24, 2.45) is 0 Å². The van der Waals surface area contributed by atoms with Crippen LogP contribution in [0.2, 0.25) is 0 Å². The molecule has 1 N–H and O–H groups in total. The third-order valence-corrected chi connectivity index (χ3v) is 7.55. The largest absolute Gasteiger partial charge is 0.494 e. The number of carbonyl (C=O) groups excluding carboxylic acids is 1. The second-order valence-corrected chi connectivity index (χ2v) is 10.1. The zero-order valence-corrected chi connectivity index (χ0v) is 18.0. The maximum Gasteiger partial charge on any atom is 0.224 e. The summed E-state index contributed by atoms with van der Waals surface area (Å²) in [4.78, 5) is 12.5. The molecule has 1 amide bonds. The lowest BCUT2D eigenvalue weighted by molar-refractivity contribution is -0.116. The second kappa shape index (κ2) is 9.56. The molecule has 0 bridgehead atoms. The van der Waals surface area contributed by atoms with Crippen molar-refractivity contribution in [2.45, 2.75) is 48.7 Å². The molecular weight excluding hydrogens is 442 g/mol. The van der Waals surface area contributed by atoms with E-state index >= 15 is 0 Å². The minimum absolute atomic E-state index is 0.159. The summed E-state index contributed by atoms with van der Waals surface area (Å²) >= 11 is 3.39. The molecule has 1 fully saturated rings. The first kappa shape index (κ1) is 20.9. The molecule has 28 heavy (non-hydrogen) atoms. The molecular formula is C21H24BrNO4S. The fourth-order valence-corrected chi connectivity index (χ4v) is 5.62. The van der Waals surface area contributed by atoms with Crippen LogP contribution in [0.3, 0.4) is 0 Å². The highest BCUT2D eigenvalue weighted by molar-refractivity contribution is 9.10. The molecule has 0 unspecified atom stereocenters. The molecule has 1 aliphatic carbocycles. The smallest absolute Gasteiger partial charge is 0.224 e. The monoisotopic (exact) mass is 465 g/mol. The molecule has 0 heterocycles. The van der Waals surface area contributed by atoms with Crippen molar-refractivity contribution in [3.8, 4) is 5.75 Å². The maximum atomic E-state index is 12.7. The quantitative estimate of drug-likeness (QED) is 0.558. The van der Waals surface area contributed by atoms with Crippen molar-refractivity contribution >= 4 is 37.4 Å². The summed E-state index contributed by atoms with van der Waals surface area (Å²) in [6.07, 6.45) is 4.23. The maximum absolute atomic E-state index is 12.7. The molecule has 0 aliphatic heterocycles. The van der Waals surface area contributed by atoms with Crippen LogP contribution in [0.1, 0.15) is 38.5 Å². The Hall–Kier alpha value is -1.86. The summed E-state index contributed by atoms with van der Waals surface area (Å²) in [7, 11) is -3.33. The van der Waals surface area contributed by atoms with Gasteiger partial charge < -0.3 is 10.1 Å². The van der Waals surface area contributed by atoms with E-state index in [4.69, 9.17) is 4.74 Å². The molecule has 150 valence electrons. The summed E-state index contributed by atoms with van der Waals surface area (Å²) < 4.78 is 32.0. The Morgan fingerprint density at radius 2 is 1.86 bits per heavy atom. The summed E-state index contributed by atoms with van der Waals surface area (Å²) in [5.41, 5.74) is 0.511. The summed E-state index contributed by atoms with van der Waals surface area (Å²) in [5, 5.41) is 2.49. The average molecular weight is 466 g/mol. The number of benzene rings is 2. The van der Waals surface area contributed by atoms with E-state index in [0.717, 1.165) is 35.9 Å². The number of anilines is 1. The van der Waals surface area contributed by atoms with Crippen LogP contribution in [-0.4, -0.2) is 26.2 Å². The fourth-order valence-electron chi connectivity index (χ4n) is 3.34. The van der Waals surface area contributed by atoms with Gasteiger partial charge in [0.1, 0.15) is 5.75 Å². The lowest BCUT2D eigenvalue weighted by Crippen LogP contribution is -2.18. The van der Waals surface area contributed by atoms with Crippen LogP contribution in [0.5, 0.6) is 5.75 Å². The number of halogens is 1. The average Bonchev–Trinajstić information content (AvgIpc) is 3.21. The van der Waals surface area contributed by atoms with Crippen molar-refractivity contribution in [1.29, 1.82) is 0 Å². The van der Waals surface area contributed by atoms with E-state index in [0.29, 0.717) is 25.1 Å². The second-order valence-electron chi connectivity index (χ2n) is 6.94. The SMILES string of the molecule is O=C(CCCOc1cccc(Br)c1)Nc1cccc(S(=O)(=O)C2CCCC2)c1. The molecule has 1 saturated carbocycles. The standard InChI is InChI=1S/C21H24BrNO4S/c22-16-6-3-8-18(14-16)27-13-5-12-21(24)23-17-7-4-11-20(15-17)28(25,26)19-9-1-2-10-19/h3-4,6-8,11,14-15,19H,1-2,5,9-10,12-13H2,(H,23,24). The minimum atomic E-state index is -3.33. The highest BCUT2D eigenvalue weighted by Gasteiger charge is 2.30. The molecule has 0 atom stereocenters. The Labute approximate surface area is 174 Å². The van der Waals surface area contributed by atoms with Gasteiger partial charge in [0.15, 0.2) is 9.84 Å². The van der Waals surface area contributed by atoms with Crippen molar-refractivity contribution in [3.05, 3.63) is 53.0 Å². The van der Waals surface area contributed by atoms with E-state index in [1.807, 2.05) is 24.3 Å². The van der Waals surface area contributed by atoms with Crippen molar-refractivity contribution in [1.82, 2.24) is 0 Å². The molecule has 2 aromatic carbocycles. The molecule has 0 saturated heterocycles. The van der Waals surface area contributed by atoms with Gasteiger partial charge in [-0.1, -0.05) is 40.9 Å². The minimum Gasteiger partial charge on any atom is -0.494 e. The fraction of sp³-hybridized carbons (Fsp3) is 0.381. The van der Waals surface area contributed by atoms with Gasteiger partial charge in [0.2, 0.25) is 5.91 Å². The summed E-state index contributed by atoms with van der Waals surface area (Å²) in [6.45, 7) is 0.431. The van der Waals surface area contributed by atoms with Gasteiger partial charge in [-0.15, -0.1) is 0 Å². The number of rotatable bonds is 8. The summed E-state index contributed by atoms with van der Waals surface area (Å²) in [5.74, 6) is 0.591. The zero-order valence-electron chi connectivity index (χ0n) is 15.6. The van der Waals surface area contributed by atoms with Gasteiger partial charge in [-0.3, -0.25) is 4.79 Å². The normalized spacial score (nSPS) is 14.8. The number of hydrogen-bond donors (Lipinski definition) is 1. The zero-order chi connectivity index (χ0) is 20.0. The van der Waals surface area contributed by atoms with E-state index in [9.17, 15) is 13.2 Å². The van der Waals surface area contributed by atoms with Crippen LogP contribution in [0.15, 0.2) is 57.9 Å². The molecule has 0 spiro atoms. The van der Waals surface area contributed by atoms with Crippen LogP contribution in [0, 0.1) is 0 Å². The third-order valence-electron chi connectivity index (χ3n) is 4.80. The predicted molar refractivity (Wildman–Crippen MR) is 113 cm³/mol. The number of amides is 1. The molecule has 7 heteroatoms. The van der Waals surface area contributed by atoms with Crippen LogP contribution in [-0.2, 0) is 14.6 Å². The van der Waals surface area contributed by atoms with E-state index in [1.54, 1.807) is 24.3 Å². The van der Waals surface area contributed by atoms with Crippen molar-refractivity contribution < 1.29 is 17.9 Å². The van der Waals surface area contributed by atoms with Gasteiger partial charge in [0.05, 0.1) is 16.8 Å². The van der Waals surface area contributed by atoms with Crippen LogP contribution < -0.4 is 10.1 Å². The number of hydrogen-bond acceptors (Lipinski definition) is 4. The summed E-state index contributed by atoms with van der Waals surface area (Å²) in [6, 6.07) is 14.1. The molecule has 5 nitrogen and oxygen atoms in total. The van der Waals surface area contributed by atoms with Crippen molar-refractivity contribution in [3.63, 3.8) is 0 Å². The molecule has 0 radical (unpaired) electrons. The van der Waals surface area contributed by atoms with Crippen LogP contribution in [0.25, 0.3) is 0 Å². The van der Waals surface area contributed by atoms with E-state index in [-0.39, 0.29) is 16.1 Å². The Morgan fingerprint density at radius 1 is 1.11 bits per heavy atom. The third kappa shape index (κ3) is 5.58. The lowest BCUT2D eigenvalue weighted by atomic mass is 10.2. The number of sulfone groups is 1. The highest BCUT2D eigenvalue weighted by atomic mass is 79.9. The van der Waals surface area contributed by atoms with Gasteiger partial charge >= 0.3 is 0 Å². The molecule has 3 rings (SSSR count). The van der Waals surface area contributed by atoms with Gasteiger partial charge in [-0.25, -0.2) is 8.42 Å². The molecule has 2 aromatic rings. The van der Waals surface area contributed by atoms with Crippen LogP contribution in [0.4, 0.5) is 5.69 Å². The van der Waals surface area contributed by atoms with Gasteiger partial charge in [0, 0.05) is 16.6 Å². The molecule has 0 aromatic heterocycles. The first-order valence-electron chi connectivity index (χ1n) is 9.47. The van der Waals surface area contributed by atoms with Gasteiger partial charge in [-0.2, -0.15) is 0 Å². The topological polar surface area (TPSA) is 72.5 Å². The van der Waals surface area contributed by atoms with E-state index in [1.165, 1.54) is 0 Å². The Bertz CT molecular complexity index is 924.